The van der Waals surface area contributed by atoms with Gasteiger partial charge in [-0.3, -0.25) is 0 Å². The molecule has 0 saturated heterocycles. The molecule has 0 spiro atoms. The predicted molar refractivity (Wildman–Crippen MR) is 80.8 cm³/mol. The van der Waals surface area contributed by atoms with Crippen LogP contribution in [0, 0.1) is 0 Å². The molecule has 0 atom stereocenters. The molecule has 2 aromatic rings. The number of ether oxygens (including phenoxy) is 2. The van der Waals surface area contributed by atoms with Crippen molar-refractivity contribution in [2.75, 3.05) is 12.8 Å². The molecular formula is C15H17ClN2O3. The minimum absolute atomic E-state index is 0.197. The van der Waals surface area contributed by atoms with Gasteiger partial charge in [-0.25, -0.2) is 0 Å². The van der Waals surface area contributed by atoms with E-state index in [0.29, 0.717) is 22.2 Å². The molecule has 0 amide bonds. The van der Waals surface area contributed by atoms with Crippen LogP contribution in [0.3, 0.4) is 0 Å². The van der Waals surface area contributed by atoms with Crippen LogP contribution in [0.25, 0.3) is 11.3 Å². The normalized spacial score (nSPS) is 15.3. The van der Waals surface area contributed by atoms with Crippen LogP contribution in [0.1, 0.15) is 25.7 Å². The van der Waals surface area contributed by atoms with Gasteiger partial charge in [0.1, 0.15) is 5.69 Å². The Morgan fingerprint density at radius 1 is 1.29 bits per heavy atom. The maximum Gasteiger partial charge on any atom is 0.222 e. The lowest BCUT2D eigenvalue weighted by Gasteiger charge is -2.18. The molecule has 1 heterocycles. The second-order valence-electron chi connectivity index (χ2n) is 5.12. The van der Waals surface area contributed by atoms with Gasteiger partial charge >= 0.3 is 0 Å². The molecule has 0 aliphatic heterocycles. The van der Waals surface area contributed by atoms with Crippen molar-refractivity contribution in [3.8, 4) is 22.8 Å². The summed E-state index contributed by atoms with van der Waals surface area (Å²) < 4.78 is 16.5. The van der Waals surface area contributed by atoms with Gasteiger partial charge in [0.05, 0.1) is 18.8 Å². The van der Waals surface area contributed by atoms with E-state index in [1.165, 1.54) is 12.8 Å². The zero-order valence-electron chi connectivity index (χ0n) is 11.8. The summed E-state index contributed by atoms with van der Waals surface area (Å²) in [6.07, 6.45) is 4.67. The highest BCUT2D eigenvalue weighted by molar-refractivity contribution is 6.31. The summed E-state index contributed by atoms with van der Waals surface area (Å²) in [7, 11) is 1.59. The smallest absolute Gasteiger partial charge is 0.222 e. The maximum atomic E-state index is 6.15. The first-order valence-electron chi connectivity index (χ1n) is 6.94. The van der Waals surface area contributed by atoms with Crippen LogP contribution in [0.2, 0.25) is 5.02 Å². The lowest BCUT2D eigenvalue weighted by molar-refractivity contribution is 0.201. The summed E-state index contributed by atoms with van der Waals surface area (Å²) in [6, 6.07) is 5.16. The first kappa shape index (κ1) is 14.1. The molecule has 112 valence electrons. The number of methoxy groups -OCH3 is 1. The molecule has 6 heteroatoms. The van der Waals surface area contributed by atoms with E-state index in [1.54, 1.807) is 25.3 Å². The highest BCUT2D eigenvalue weighted by Gasteiger charge is 2.23. The van der Waals surface area contributed by atoms with E-state index in [2.05, 4.69) is 5.16 Å². The van der Waals surface area contributed by atoms with Crippen LogP contribution in [0.4, 0.5) is 5.88 Å². The second kappa shape index (κ2) is 5.85. The van der Waals surface area contributed by atoms with Crippen molar-refractivity contribution in [3.63, 3.8) is 0 Å². The molecule has 1 saturated carbocycles. The SMILES string of the molecule is COc1cc(Cl)cc(-c2cc(N)on2)c1OC1CCCC1. The zero-order chi connectivity index (χ0) is 14.8. The molecular weight excluding hydrogens is 292 g/mol. The molecule has 1 aromatic heterocycles. The number of aromatic nitrogens is 1. The summed E-state index contributed by atoms with van der Waals surface area (Å²) in [4.78, 5) is 0. The number of benzene rings is 1. The van der Waals surface area contributed by atoms with E-state index in [-0.39, 0.29) is 12.0 Å². The minimum atomic E-state index is 0.197. The van der Waals surface area contributed by atoms with Crippen molar-refractivity contribution in [1.29, 1.82) is 0 Å². The van der Waals surface area contributed by atoms with Gasteiger partial charge in [-0.2, -0.15) is 0 Å². The number of nitrogens with zero attached hydrogens (tertiary/aromatic N) is 1. The highest BCUT2D eigenvalue weighted by Crippen LogP contribution is 2.42. The Balaban J connectivity index is 2.05. The van der Waals surface area contributed by atoms with Gasteiger partial charge in [-0.15, -0.1) is 0 Å². The fourth-order valence-electron chi connectivity index (χ4n) is 2.62. The van der Waals surface area contributed by atoms with Crippen LogP contribution in [0.5, 0.6) is 11.5 Å². The van der Waals surface area contributed by atoms with Gasteiger partial charge in [-0.1, -0.05) is 16.8 Å². The number of halogens is 1. The molecule has 1 aromatic carbocycles. The van der Waals surface area contributed by atoms with Crippen LogP contribution < -0.4 is 15.2 Å². The van der Waals surface area contributed by atoms with Gasteiger partial charge < -0.3 is 19.7 Å². The molecule has 3 rings (SSSR count). The monoisotopic (exact) mass is 308 g/mol. The van der Waals surface area contributed by atoms with E-state index in [4.69, 9.17) is 31.3 Å². The lowest BCUT2D eigenvalue weighted by Crippen LogP contribution is -2.12. The van der Waals surface area contributed by atoms with E-state index >= 15 is 0 Å². The van der Waals surface area contributed by atoms with Crippen molar-refractivity contribution in [2.24, 2.45) is 0 Å². The van der Waals surface area contributed by atoms with Crippen LogP contribution in [-0.4, -0.2) is 18.4 Å². The summed E-state index contributed by atoms with van der Waals surface area (Å²) in [5.41, 5.74) is 6.92. The first-order valence-corrected chi connectivity index (χ1v) is 7.32. The largest absolute Gasteiger partial charge is 0.493 e. The predicted octanol–water partition coefficient (Wildman–Crippen LogP) is 3.91. The second-order valence-corrected chi connectivity index (χ2v) is 5.56. The number of rotatable bonds is 4. The Bertz CT molecular complexity index is 636. The molecule has 0 unspecified atom stereocenters. The Kier molecular flexibility index (Phi) is 3.92. The summed E-state index contributed by atoms with van der Waals surface area (Å²) in [5.74, 6) is 1.48. The van der Waals surface area contributed by atoms with Gasteiger partial charge in [0, 0.05) is 17.2 Å². The van der Waals surface area contributed by atoms with Crippen LogP contribution in [-0.2, 0) is 0 Å². The average Bonchev–Trinajstić information content (AvgIpc) is 3.11. The zero-order valence-corrected chi connectivity index (χ0v) is 12.5. The summed E-state index contributed by atoms with van der Waals surface area (Å²) >= 11 is 6.15. The van der Waals surface area contributed by atoms with Gasteiger partial charge in [0.15, 0.2) is 11.5 Å². The molecule has 1 aliphatic rings. The van der Waals surface area contributed by atoms with Crippen LogP contribution >= 0.6 is 11.6 Å². The average molecular weight is 309 g/mol. The van der Waals surface area contributed by atoms with Crippen LogP contribution in [0.15, 0.2) is 22.7 Å². The van der Waals surface area contributed by atoms with E-state index < -0.39 is 0 Å². The third-order valence-electron chi connectivity index (χ3n) is 3.63. The number of hydrogen-bond acceptors (Lipinski definition) is 5. The Labute approximate surface area is 128 Å². The van der Waals surface area contributed by atoms with Crippen molar-refractivity contribution in [2.45, 2.75) is 31.8 Å². The first-order chi connectivity index (χ1) is 10.2. The minimum Gasteiger partial charge on any atom is -0.493 e. The maximum absolute atomic E-state index is 6.15. The lowest BCUT2D eigenvalue weighted by atomic mass is 10.1. The fraction of sp³-hybridized carbons (Fsp3) is 0.400. The summed E-state index contributed by atoms with van der Waals surface area (Å²) in [6.45, 7) is 0. The molecule has 0 bridgehead atoms. The quantitative estimate of drug-likeness (QED) is 0.927. The Morgan fingerprint density at radius 2 is 2.05 bits per heavy atom. The van der Waals surface area contributed by atoms with Crippen molar-refractivity contribution >= 4 is 17.5 Å². The van der Waals surface area contributed by atoms with Gasteiger partial charge in [0.2, 0.25) is 5.88 Å². The number of nitrogen functional groups attached to an aromatic ring is 1. The standard InChI is InChI=1S/C15H17ClN2O3/c1-19-13-7-9(16)6-11(12-8-14(17)21-18-12)15(13)20-10-4-2-3-5-10/h6-8,10H,2-5,17H2,1H3. The van der Waals surface area contributed by atoms with E-state index in [1.807, 2.05) is 0 Å². The molecule has 1 aliphatic carbocycles. The fourth-order valence-corrected chi connectivity index (χ4v) is 2.83. The Morgan fingerprint density at radius 3 is 2.67 bits per heavy atom. The van der Waals surface area contributed by atoms with Crippen molar-refractivity contribution in [1.82, 2.24) is 5.16 Å². The molecule has 1 fully saturated rings. The number of anilines is 1. The summed E-state index contributed by atoms with van der Waals surface area (Å²) in [5, 5.41) is 4.49. The highest BCUT2D eigenvalue weighted by atomic mass is 35.5. The topological polar surface area (TPSA) is 70.5 Å². The number of hydrogen-bond donors (Lipinski definition) is 1. The third kappa shape index (κ3) is 2.93. The molecule has 0 radical (unpaired) electrons. The van der Waals surface area contributed by atoms with E-state index in [9.17, 15) is 0 Å². The molecule has 21 heavy (non-hydrogen) atoms. The van der Waals surface area contributed by atoms with Gasteiger partial charge in [-0.05, 0) is 31.7 Å². The Hall–Kier alpha value is -1.88. The molecule has 5 nitrogen and oxygen atoms in total. The number of nitrogens with two attached hydrogens (primary N) is 1. The van der Waals surface area contributed by atoms with Crippen molar-refractivity contribution < 1.29 is 14.0 Å². The van der Waals surface area contributed by atoms with Gasteiger partial charge in [0.25, 0.3) is 0 Å². The third-order valence-corrected chi connectivity index (χ3v) is 3.85. The van der Waals surface area contributed by atoms with Crippen molar-refractivity contribution in [3.05, 3.63) is 23.2 Å². The molecule has 2 N–H and O–H groups in total. The van der Waals surface area contributed by atoms with E-state index in [0.717, 1.165) is 18.4 Å².